The molecule has 0 rings (SSSR count). The third kappa shape index (κ3) is 8.11. The first-order valence-corrected chi connectivity index (χ1v) is 6.15. The Morgan fingerprint density at radius 1 is 1.69 bits per heavy atom. The lowest BCUT2D eigenvalue weighted by atomic mass is 10.7. The van der Waals surface area contributed by atoms with Gasteiger partial charge in [-0.25, -0.2) is 4.57 Å². The molecule has 0 heterocycles. The third-order valence-electron chi connectivity index (χ3n) is 0.828. The highest BCUT2D eigenvalue weighted by atomic mass is 32.7. The second-order valence-corrected chi connectivity index (χ2v) is 4.58. The molecule has 0 aliphatic rings. The molecule has 0 fully saturated rings. The van der Waals surface area contributed by atoms with Gasteiger partial charge in [0.05, 0.1) is 6.61 Å². The fourth-order valence-electron chi connectivity index (χ4n) is 0.483. The molecule has 6 nitrogen and oxygen atoms in total. The van der Waals surface area contributed by atoms with E-state index in [4.69, 9.17) is 9.63 Å². The minimum Gasteiger partial charge on any atom is -0.477 e. The number of nitrogens with zero attached hydrogens (tertiary/aromatic N) is 1. The number of rotatable bonds is 5. The van der Waals surface area contributed by atoms with Crippen LogP contribution >= 0.6 is 19.0 Å². The van der Waals surface area contributed by atoms with E-state index in [1.165, 1.54) is 7.11 Å². The van der Waals surface area contributed by atoms with Crippen molar-refractivity contribution in [1.29, 1.82) is 0 Å². The van der Waals surface area contributed by atoms with Crippen LogP contribution in [0.4, 0.5) is 0 Å². The van der Waals surface area contributed by atoms with Crippen LogP contribution in [0.1, 0.15) is 6.92 Å². The molecule has 1 atom stereocenters. The van der Waals surface area contributed by atoms with Crippen molar-refractivity contribution in [3.63, 3.8) is 0 Å². The van der Waals surface area contributed by atoms with Crippen LogP contribution in [0, 0.1) is 0 Å². The Bertz CT molecular complexity index is 207. The normalized spacial score (nSPS) is 16.5. The molecule has 1 N–H and O–H groups in total. The predicted octanol–water partition coefficient (Wildman–Crippen LogP) is 1.03. The highest BCUT2D eigenvalue weighted by Gasteiger charge is 2.13. The summed E-state index contributed by atoms with van der Waals surface area (Å²) in [6.45, 7) is -1.72. The molecule has 0 saturated carbocycles. The van der Waals surface area contributed by atoms with Crippen molar-refractivity contribution in [2.45, 2.75) is 6.92 Å². The topological polar surface area (TPSA) is 77.3 Å². The Balaban J connectivity index is 4.10. The molecule has 0 aromatic rings. The van der Waals surface area contributed by atoms with Gasteiger partial charge in [-0.05, 0) is 24.3 Å². The zero-order valence-electron chi connectivity index (χ0n) is 7.34. The summed E-state index contributed by atoms with van der Waals surface area (Å²) < 4.78 is 24.3. The van der Waals surface area contributed by atoms with Crippen LogP contribution < -0.4 is 0 Å². The van der Waals surface area contributed by atoms with Crippen molar-refractivity contribution in [3.8, 4) is 0 Å². The van der Waals surface area contributed by atoms with E-state index in [1.807, 2.05) is 0 Å². The Kier molecular flexibility index (Phi) is 6.15. The molecule has 0 amide bonds. The predicted molar refractivity (Wildman–Crippen MR) is 50.8 cm³/mol. The molecule has 0 radical (unpaired) electrons. The number of oxime groups is 1. The van der Waals surface area contributed by atoms with Gasteiger partial charge in [0.25, 0.3) is 5.90 Å². The van der Waals surface area contributed by atoms with Crippen LogP contribution in [-0.4, -0.2) is 31.1 Å². The van der Waals surface area contributed by atoms with Gasteiger partial charge in [0, 0.05) is 7.11 Å². The Morgan fingerprint density at radius 2 is 2.31 bits per heavy atom. The van der Waals surface area contributed by atoms with Crippen molar-refractivity contribution in [3.05, 3.63) is 0 Å². The highest BCUT2D eigenvalue weighted by Crippen LogP contribution is 2.46. The van der Waals surface area contributed by atoms with Crippen molar-refractivity contribution < 1.29 is 23.6 Å². The van der Waals surface area contributed by atoms with Gasteiger partial charge in [-0.1, -0.05) is 0 Å². The number of thiol groups is 1. The average Bonchev–Trinajstić information content (AvgIpc) is 2.00. The van der Waals surface area contributed by atoms with Gasteiger partial charge in [0.15, 0.2) is 0 Å². The molecule has 78 valence electrons. The lowest BCUT2D eigenvalue weighted by molar-refractivity contribution is 0.191. The number of hydrogen-bond donors (Lipinski definition) is 2. The zero-order valence-corrected chi connectivity index (χ0v) is 9.12. The molecule has 8 heteroatoms. The maximum atomic E-state index is 10.5. The van der Waals surface area contributed by atoms with Gasteiger partial charge >= 0.3 is 6.80 Å². The van der Waals surface area contributed by atoms with E-state index in [-0.39, 0.29) is 12.5 Å². The van der Waals surface area contributed by atoms with Gasteiger partial charge in [-0.15, -0.1) is 0 Å². The van der Waals surface area contributed by atoms with Crippen LogP contribution in [0.5, 0.6) is 0 Å². The first-order valence-electron chi connectivity index (χ1n) is 3.42. The highest BCUT2D eigenvalue weighted by molar-refractivity contribution is 8.44. The fraction of sp³-hybridized carbons (Fsp3) is 0.800. The Morgan fingerprint density at radius 3 is 2.69 bits per heavy atom. The van der Waals surface area contributed by atoms with E-state index in [2.05, 4.69) is 26.8 Å². The van der Waals surface area contributed by atoms with E-state index >= 15 is 0 Å². The van der Waals surface area contributed by atoms with E-state index in [9.17, 15) is 4.57 Å². The van der Waals surface area contributed by atoms with E-state index in [0.717, 1.165) is 0 Å². The molecule has 0 saturated heterocycles. The molecule has 0 aliphatic heterocycles. The van der Waals surface area contributed by atoms with Crippen LogP contribution in [0.3, 0.4) is 0 Å². The second-order valence-electron chi connectivity index (χ2n) is 1.92. The monoisotopic (exact) mass is 229 g/mol. The van der Waals surface area contributed by atoms with Crippen LogP contribution in [-0.2, 0) is 18.7 Å². The van der Waals surface area contributed by atoms with Crippen molar-refractivity contribution in [1.82, 2.24) is 0 Å². The van der Waals surface area contributed by atoms with Crippen molar-refractivity contribution >= 4 is 24.9 Å². The zero-order chi connectivity index (χ0) is 10.3. The minimum absolute atomic E-state index is 0.0710. The van der Waals surface area contributed by atoms with Gasteiger partial charge in [0.1, 0.15) is 6.61 Å². The Labute approximate surface area is 81.5 Å². The summed E-state index contributed by atoms with van der Waals surface area (Å²) in [6.07, 6.45) is 0. The van der Waals surface area contributed by atoms with E-state index in [0.29, 0.717) is 6.61 Å². The van der Waals surface area contributed by atoms with Crippen molar-refractivity contribution in [2.24, 2.45) is 5.16 Å². The molecule has 0 bridgehead atoms. The summed E-state index contributed by atoms with van der Waals surface area (Å²) in [5.41, 5.74) is 0. The standard InChI is InChI=1S/C5H12NO5PS/c1-3-10-5(4-9-2)6-11-12(7,8)13/h3-4H2,1-2H3,(H2,7,8,13)/b6-5+. The molecule has 1 unspecified atom stereocenters. The first kappa shape index (κ1) is 12.8. The minimum atomic E-state index is -3.90. The Hall–Kier alpha value is -0.230. The van der Waals surface area contributed by atoms with Crippen LogP contribution in [0.15, 0.2) is 5.16 Å². The summed E-state index contributed by atoms with van der Waals surface area (Å²) in [5.74, 6) is 0.0910. The summed E-state index contributed by atoms with van der Waals surface area (Å²) in [4.78, 5) is 8.60. The van der Waals surface area contributed by atoms with E-state index in [1.54, 1.807) is 6.92 Å². The molecular formula is C5H12NO5PS. The van der Waals surface area contributed by atoms with Crippen LogP contribution in [0.25, 0.3) is 0 Å². The molecule has 13 heavy (non-hydrogen) atoms. The number of hydrogen-bond acceptors (Lipinski definition) is 5. The number of methoxy groups -OCH3 is 1. The molecular weight excluding hydrogens is 217 g/mol. The fourth-order valence-corrected chi connectivity index (χ4v) is 0.790. The second kappa shape index (κ2) is 6.26. The SMILES string of the molecule is CCO/C(COC)=N/OP(=O)(O)S. The molecule has 0 aromatic heterocycles. The smallest absolute Gasteiger partial charge is 0.454 e. The van der Waals surface area contributed by atoms with Gasteiger partial charge < -0.3 is 19.0 Å². The average molecular weight is 229 g/mol. The number of ether oxygens (including phenoxy) is 2. The maximum Gasteiger partial charge on any atom is 0.454 e. The third-order valence-corrected chi connectivity index (χ3v) is 1.34. The lowest BCUT2D eigenvalue weighted by Crippen LogP contribution is -2.11. The quantitative estimate of drug-likeness (QED) is 0.242. The van der Waals surface area contributed by atoms with Gasteiger partial charge in [-0.3, -0.25) is 0 Å². The first-order chi connectivity index (χ1) is 5.99. The molecule has 0 aliphatic carbocycles. The maximum absolute atomic E-state index is 10.5. The van der Waals surface area contributed by atoms with Gasteiger partial charge in [0.2, 0.25) is 0 Å². The molecule has 0 aromatic carbocycles. The van der Waals surface area contributed by atoms with Crippen molar-refractivity contribution in [2.75, 3.05) is 20.3 Å². The largest absolute Gasteiger partial charge is 0.477 e. The summed E-state index contributed by atoms with van der Waals surface area (Å²) in [6, 6.07) is 0. The van der Waals surface area contributed by atoms with Gasteiger partial charge in [-0.2, -0.15) is 0 Å². The van der Waals surface area contributed by atoms with Crippen LogP contribution in [0.2, 0.25) is 0 Å². The van der Waals surface area contributed by atoms with E-state index < -0.39 is 6.80 Å². The molecule has 0 spiro atoms. The summed E-state index contributed by atoms with van der Waals surface area (Å²) in [5, 5.41) is 3.25. The summed E-state index contributed by atoms with van der Waals surface area (Å²) >= 11 is 3.25. The summed E-state index contributed by atoms with van der Waals surface area (Å²) in [7, 11) is 1.44. The lowest BCUT2D eigenvalue weighted by Gasteiger charge is -2.06.